The van der Waals surface area contributed by atoms with Crippen molar-refractivity contribution in [3.05, 3.63) is 12.2 Å². The number of fused-ring (bicyclic) bond motifs is 3. The van der Waals surface area contributed by atoms with E-state index in [4.69, 9.17) is 13.6 Å². The molecule has 2 saturated carbocycles. The van der Waals surface area contributed by atoms with E-state index in [0.717, 1.165) is 24.8 Å². The smallest absolute Gasteiger partial charge is 0.192 e. The number of ether oxygens (including phenoxy) is 1. The Bertz CT molecular complexity index is 765. The summed E-state index contributed by atoms with van der Waals surface area (Å²) in [6.07, 6.45) is 2.49. The van der Waals surface area contributed by atoms with Gasteiger partial charge in [0.05, 0.1) is 18.8 Å². The molecular formula is C27H52O4Si2. The maximum Gasteiger partial charge on any atom is 0.192 e. The molecule has 0 amide bonds. The molecule has 0 aromatic rings. The van der Waals surface area contributed by atoms with Gasteiger partial charge in [-0.15, -0.1) is 0 Å². The van der Waals surface area contributed by atoms with E-state index in [1.807, 2.05) is 0 Å². The van der Waals surface area contributed by atoms with E-state index < -0.39 is 22.2 Å². The van der Waals surface area contributed by atoms with Gasteiger partial charge in [-0.2, -0.15) is 0 Å². The van der Waals surface area contributed by atoms with Gasteiger partial charge in [-0.05, 0) is 72.9 Å². The summed E-state index contributed by atoms with van der Waals surface area (Å²) in [6, 6.07) is 0. The van der Waals surface area contributed by atoms with E-state index in [0.29, 0.717) is 18.4 Å². The van der Waals surface area contributed by atoms with Crippen molar-refractivity contribution in [2.45, 2.75) is 135 Å². The van der Waals surface area contributed by atoms with Crippen molar-refractivity contribution in [1.29, 1.82) is 0 Å². The third-order valence-electron chi connectivity index (χ3n) is 10.5. The van der Waals surface area contributed by atoms with Crippen LogP contribution in [0.1, 0.15) is 74.7 Å². The molecule has 2 aliphatic carbocycles. The van der Waals surface area contributed by atoms with Crippen LogP contribution < -0.4 is 0 Å². The second-order valence-corrected chi connectivity index (χ2v) is 24.2. The highest BCUT2D eigenvalue weighted by molar-refractivity contribution is 6.74. The van der Waals surface area contributed by atoms with Gasteiger partial charge in [-0.25, -0.2) is 0 Å². The number of hydrogen-bond donors (Lipinski definition) is 1. The summed E-state index contributed by atoms with van der Waals surface area (Å²) in [5, 5.41) is 10.9. The van der Waals surface area contributed by atoms with E-state index in [1.165, 1.54) is 0 Å². The first-order chi connectivity index (χ1) is 14.7. The molecule has 0 aromatic carbocycles. The van der Waals surface area contributed by atoms with Gasteiger partial charge in [0.15, 0.2) is 16.6 Å². The van der Waals surface area contributed by atoms with Crippen molar-refractivity contribution >= 4 is 16.6 Å². The summed E-state index contributed by atoms with van der Waals surface area (Å²) < 4.78 is 20.5. The van der Waals surface area contributed by atoms with Crippen LogP contribution >= 0.6 is 0 Å². The third kappa shape index (κ3) is 4.50. The molecule has 1 aliphatic heterocycles. The largest absolute Gasteiger partial charge is 0.413 e. The number of aliphatic hydroxyl groups is 1. The minimum absolute atomic E-state index is 0.0190. The summed E-state index contributed by atoms with van der Waals surface area (Å²) in [6.45, 7) is 32.8. The summed E-state index contributed by atoms with van der Waals surface area (Å²) in [4.78, 5) is 0. The van der Waals surface area contributed by atoms with Crippen LogP contribution in [-0.4, -0.2) is 52.3 Å². The molecule has 3 aliphatic rings. The van der Waals surface area contributed by atoms with Crippen molar-refractivity contribution in [2.24, 2.45) is 17.3 Å². The monoisotopic (exact) mass is 496 g/mol. The first-order valence-electron chi connectivity index (χ1n) is 13.1. The molecule has 7 atom stereocenters. The van der Waals surface area contributed by atoms with Crippen LogP contribution in [0.15, 0.2) is 12.2 Å². The minimum Gasteiger partial charge on any atom is -0.413 e. The normalized spacial score (nSPS) is 39.6. The molecular weight excluding hydrogens is 444 g/mol. The first kappa shape index (κ1) is 27.6. The summed E-state index contributed by atoms with van der Waals surface area (Å²) in [5.74, 6) is 0.807. The Hall–Kier alpha value is 0.0138. The van der Waals surface area contributed by atoms with Crippen LogP contribution in [0.5, 0.6) is 0 Å². The van der Waals surface area contributed by atoms with Crippen LogP contribution in [0.2, 0.25) is 36.3 Å². The average molecular weight is 497 g/mol. The maximum atomic E-state index is 10.6. The van der Waals surface area contributed by atoms with Gasteiger partial charge in [0.2, 0.25) is 0 Å². The molecule has 6 heteroatoms. The zero-order chi connectivity index (χ0) is 25.4. The average Bonchev–Trinajstić information content (AvgIpc) is 3.38. The standard InChI is InChI=1S/C27H52O4Si2/c1-18-14-21(28)15-20-16-22(31-33(12,13)25(6,7)8)27(23(30-27)26(18,20)9)19(2)17-29-32(10,11)24(3,4)5/h18,20-23,28H,2,14-17H2,1,3-13H3/t18-,20+,21+,22-,23-,26+,27+/m0/s1. The van der Waals surface area contributed by atoms with Crippen molar-refractivity contribution in [2.75, 3.05) is 6.61 Å². The number of rotatable bonds is 6. The Morgan fingerprint density at radius 2 is 1.55 bits per heavy atom. The van der Waals surface area contributed by atoms with Gasteiger partial charge in [0, 0.05) is 5.41 Å². The lowest BCUT2D eigenvalue weighted by molar-refractivity contribution is -0.0711. The molecule has 3 rings (SSSR count). The minimum atomic E-state index is -2.02. The first-order valence-corrected chi connectivity index (χ1v) is 18.9. The van der Waals surface area contributed by atoms with Gasteiger partial charge in [0.1, 0.15) is 11.7 Å². The Balaban J connectivity index is 1.93. The van der Waals surface area contributed by atoms with Gasteiger partial charge < -0.3 is 18.7 Å². The quantitative estimate of drug-likeness (QED) is 0.247. The Kier molecular flexibility index (Phi) is 6.92. The predicted octanol–water partition coefficient (Wildman–Crippen LogP) is 6.91. The fraction of sp³-hybridized carbons (Fsp3) is 0.926. The zero-order valence-corrected chi connectivity index (χ0v) is 25.6. The highest BCUT2D eigenvalue weighted by Gasteiger charge is 2.76. The lowest BCUT2D eigenvalue weighted by Gasteiger charge is -2.54. The lowest BCUT2D eigenvalue weighted by Crippen LogP contribution is -2.59. The third-order valence-corrected chi connectivity index (χ3v) is 19.5. The Labute approximate surface area is 206 Å². The van der Waals surface area contributed by atoms with Crippen molar-refractivity contribution < 1.29 is 18.7 Å². The highest BCUT2D eigenvalue weighted by Crippen LogP contribution is 2.68. The molecule has 0 bridgehead atoms. The topological polar surface area (TPSA) is 51.2 Å². The Morgan fingerprint density at radius 3 is 2.06 bits per heavy atom. The van der Waals surface area contributed by atoms with Crippen molar-refractivity contribution in [3.8, 4) is 0 Å². The molecule has 0 spiro atoms. The number of hydrogen-bond acceptors (Lipinski definition) is 4. The van der Waals surface area contributed by atoms with E-state index in [1.54, 1.807) is 0 Å². The summed E-state index contributed by atoms with van der Waals surface area (Å²) >= 11 is 0. The van der Waals surface area contributed by atoms with E-state index in [-0.39, 0.29) is 33.8 Å². The molecule has 0 aromatic heterocycles. The number of epoxide rings is 1. The summed E-state index contributed by atoms with van der Waals surface area (Å²) in [5.41, 5.74) is 0.630. The molecule has 192 valence electrons. The lowest BCUT2D eigenvalue weighted by atomic mass is 9.52. The van der Waals surface area contributed by atoms with Crippen LogP contribution in [0.4, 0.5) is 0 Å². The zero-order valence-electron chi connectivity index (χ0n) is 23.6. The molecule has 0 radical (unpaired) electrons. The second kappa shape index (κ2) is 8.27. The molecule has 0 unspecified atom stereocenters. The Morgan fingerprint density at radius 1 is 1.00 bits per heavy atom. The fourth-order valence-electron chi connectivity index (χ4n) is 5.76. The fourth-order valence-corrected chi connectivity index (χ4v) is 8.06. The van der Waals surface area contributed by atoms with Crippen LogP contribution in [-0.2, 0) is 13.6 Å². The molecule has 1 heterocycles. The molecule has 1 N–H and O–H groups in total. The second-order valence-electron chi connectivity index (χ2n) is 14.6. The van der Waals surface area contributed by atoms with Crippen LogP contribution in [0.25, 0.3) is 0 Å². The van der Waals surface area contributed by atoms with Gasteiger partial charge in [0.25, 0.3) is 0 Å². The van der Waals surface area contributed by atoms with Gasteiger partial charge >= 0.3 is 0 Å². The van der Waals surface area contributed by atoms with E-state index in [9.17, 15) is 5.11 Å². The molecule has 1 saturated heterocycles. The maximum absolute atomic E-state index is 10.6. The van der Waals surface area contributed by atoms with Crippen LogP contribution in [0.3, 0.4) is 0 Å². The van der Waals surface area contributed by atoms with Crippen LogP contribution in [0, 0.1) is 17.3 Å². The molecule has 33 heavy (non-hydrogen) atoms. The van der Waals surface area contributed by atoms with E-state index in [2.05, 4.69) is 88.2 Å². The summed E-state index contributed by atoms with van der Waals surface area (Å²) in [7, 11) is -3.92. The van der Waals surface area contributed by atoms with Crippen molar-refractivity contribution in [1.82, 2.24) is 0 Å². The SMILES string of the molecule is C=C(CO[Si](C)(C)C(C)(C)C)[C@]12O[C@H]1[C@@]1(C)[C@H](C[C@H](O)C[C@@H]1C)C[C@@H]2O[Si](C)(C)C(C)(C)C. The predicted molar refractivity (Wildman–Crippen MR) is 143 cm³/mol. The van der Waals surface area contributed by atoms with Crippen molar-refractivity contribution in [3.63, 3.8) is 0 Å². The highest BCUT2D eigenvalue weighted by atomic mass is 28.4. The molecule has 4 nitrogen and oxygen atoms in total. The van der Waals surface area contributed by atoms with Gasteiger partial charge in [-0.1, -0.05) is 62.0 Å². The van der Waals surface area contributed by atoms with E-state index >= 15 is 0 Å². The molecule has 3 fully saturated rings. The van der Waals surface area contributed by atoms with Gasteiger partial charge in [-0.3, -0.25) is 0 Å². The number of aliphatic hydroxyl groups excluding tert-OH is 1.